The van der Waals surface area contributed by atoms with E-state index in [1.165, 1.54) is 37.0 Å². The van der Waals surface area contributed by atoms with Gasteiger partial charge in [-0.2, -0.15) is 0 Å². The maximum atomic E-state index is 4.19. The second-order valence-electron chi connectivity index (χ2n) is 6.19. The van der Waals surface area contributed by atoms with Gasteiger partial charge in [-0.05, 0) is 30.6 Å². The van der Waals surface area contributed by atoms with E-state index >= 15 is 0 Å². The lowest BCUT2D eigenvalue weighted by atomic mass is 10.1. The molecule has 124 valence electrons. The highest BCUT2D eigenvalue weighted by Crippen LogP contribution is 2.56. The quantitative estimate of drug-likeness (QED) is 0.654. The zero-order valence-corrected chi connectivity index (χ0v) is 15.5. The molecular weight excluding hydrogens is 320 g/mol. The Morgan fingerprint density at radius 2 is 2.17 bits per heavy atom. The summed E-state index contributed by atoms with van der Waals surface area (Å²) in [5, 5.41) is 0.805. The van der Waals surface area contributed by atoms with Crippen LogP contribution in [-0.2, 0) is 10.6 Å². The highest BCUT2D eigenvalue weighted by atomic mass is 32.2. The van der Waals surface area contributed by atoms with Crippen LogP contribution in [0.2, 0.25) is 0 Å². The Balaban J connectivity index is 1.78. The topological polar surface area (TPSA) is 17.8 Å². The van der Waals surface area contributed by atoms with Gasteiger partial charge in [0.2, 0.25) is 0 Å². The van der Waals surface area contributed by atoms with E-state index in [4.69, 9.17) is 0 Å². The summed E-state index contributed by atoms with van der Waals surface area (Å²) in [6, 6.07) is 11.1. The van der Waals surface area contributed by atoms with Crippen LogP contribution in [-0.4, -0.2) is 20.6 Å². The van der Waals surface area contributed by atoms with E-state index in [1.54, 1.807) is 0 Å². The van der Waals surface area contributed by atoms with Crippen LogP contribution in [0.25, 0.3) is 0 Å². The third kappa shape index (κ3) is 4.36. The smallest absolute Gasteiger partial charge is 0.0945 e. The minimum absolute atomic E-state index is 0.197. The van der Waals surface area contributed by atoms with E-state index in [-0.39, 0.29) is 4.08 Å². The van der Waals surface area contributed by atoms with Gasteiger partial charge in [-0.3, -0.25) is 0 Å². The Morgan fingerprint density at radius 3 is 2.91 bits per heavy atom. The Bertz CT molecular complexity index is 570. The molecule has 1 fully saturated rings. The van der Waals surface area contributed by atoms with Gasteiger partial charge in [0, 0.05) is 24.2 Å². The SMILES string of the molecule is CCCCC1CCSC(CCn2ccnc2)(c2ccccc2)S1. The molecule has 0 saturated carbocycles. The molecule has 0 bridgehead atoms. The first-order valence-electron chi connectivity index (χ1n) is 8.65. The molecule has 1 aliphatic heterocycles. The average Bonchev–Trinajstić information content (AvgIpc) is 3.13. The normalized spacial score (nSPS) is 24.7. The highest BCUT2D eigenvalue weighted by molar-refractivity contribution is 8.18. The zero-order chi connectivity index (χ0) is 16.0. The van der Waals surface area contributed by atoms with E-state index < -0.39 is 0 Å². The number of unbranched alkanes of at least 4 members (excludes halogenated alkanes) is 1. The number of imidazole rings is 1. The number of thioether (sulfide) groups is 2. The van der Waals surface area contributed by atoms with Crippen LogP contribution in [0.4, 0.5) is 0 Å². The first-order valence-corrected chi connectivity index (χ1v) is 10.5. The van der Waals surface area contributed by atoms with E-state index in [1.807, 2.05) is 12.5 Å². The molecule has 2 atom stereocenters. The summed E-state index contributed by atoms with van der Waals surface area (Å²) >= 11 is 4.38. The highest BCUT2D eigenvalue weighted by Gasteiger charge is 2.38. The molecule has 0 aliphatic carbocycles. The molecule has 0 radical (unpaired) electrons. The Morgan fingerprint density at radius 1 is 1.30 bits per heavy atom. The minimum Gasteiger partial charge on any atom is -0.337 e. The van der Waals surface area contributed by atoms with Gasteiger partial charge in [0.25, 0.3) is 0 Å². The molecule has 2 nitrogen and oxygen atoms in total. The van der Waals surface area contributed by atoms with Gasteiger partial charge < -0.3 is 4.57 Å². The van der Waals surface area contributed by atoms with Gasteiger partial charge in [0.15, 0.2) is 0 Å². The van der Waals surface area contributed by atoms with Crippen molar-refractivity contribution in [1.82, 2.24) is 9.55 Å². The predicted octanol–water partition coefficient (Wildman–Crippen LogP) is 5.56. The molecule has 2 unspecified atom stereocenters. The van der Waals surface area contributed by atoms with Crippen molar-refractivity contribution in [1.29, 1.82) is 0 Å². The Labute approximate surface area is 148 Å². The van der Waals surface area contributed by atoms with Crippen LogP contribution >= 0.6 is 23.5 Å². The fraction of sp³-hybridized carbons (Fsp3) is 0.526. The Kier molecular flexibility index (Phi) is 6.12. The van der Waals surface area contributed by atoms with E-state index in [0.29, 0.717) is 0 Å². The lowest BCUT2D eigenvalue weighted by molar-refractivity contribution is 0.596. The molecule has 2 heterocycles. The maximum absolute atomic E-state index is 4.19. The summed E-state index contributed by atoms with van der Waals surface area (Å²) in [6.45, 7) is 3.33. The molecule has 23 heavy (non-hydrogen) atoms. The van der Waals surface area contributed by atoms with Crippen molar-refractivity contribution >= 4 is 23.5 Å². The zero-order valence-electron chi connectivity index (χ0n) is 13.9. The minimum atomic E-state index is 0.197. The first kappa shape index (κ1) is 17.0. The van der Waals surface area contributed by atoms with Crippen molar-refractivity contribution in [2.24, 2.45) is 0 Å². The summed E-state index contributed by atoms with van der Waals surface area (Å²) in [6.07, 6.45) is 12.4. The lowest BCUT2D eigenvalue weighted by Crippen LogP contribution is -2.28. The Hall–Kier alpha value is -0.870. The van der Waals surface area contributed by atoms with Crippen LogP contribution in [0.5, 0.6) is 0 Å². The molecule has 1 saturated heterocycles. The number of hydrogen-bond acceptors (Lipinski definition) is 3. The van der Waals surface area contributed by atoms with Crippen LogP contribution in [0.3, 0.4) is 0 Å². The van der Waals surface area contributed by atoms with Crippen molar-refractivity contribution < 1.29 is 0 Å². The number of aromatic nitrogens is 2. The largest absolute Gasteiger partial charge is 0.337 e. The van der Waals surface area contributed by atoms with Crippen LogP contribution in [0.15, 0.2) is 49.1 Å². The molecule has 0 N–H and O–H groups in total. The van der Waals surface area contributed by atoms with Gasteiger partial charge in [-0.1, -0.05) is 50.1 Å². The monoisotopic (exact) mass is 346 g/mol. The van der Waals surface area contributed by atoms with E-state index in [9.17, 15) is 0 Å². The van der Waals surface area contributed by atoms with Crippen molar-refractivity contribution in [2.75, 3.05) is 5.75 Å². The number of benzene rings is 1. The number of nitrogens with zero attached hydrogens (tertiary/aromatic N) is 2. The van der Waals surface area contributed by atoms with E-state index in [0.717, 1.165) is 18.2 Å². The third-order valence-corrected chi connectivity index (χ3v) is 8.10. The molecule has 1 aromatic heterocycles. The van der Waals surface area contributed by atoms with Crippen molar-refractivity contribution in [3.8, 4) is 0 Å². The second kappa shape index (κ2) is 8.29. The fourth-order valence-electron chi connectivity index (χ4n) is 3.17. The molecule has 3 rings (SSSR count). The maximum Gasteiger partial charge on any atom is 0.0945 e. The van der Waals surface area contributed by atoms with E-state index in [2.05, 4.69) is 76.5 Å². The van der Waals surface area contributed by atoms with Gasteiger partial charge in [0.1, 0.15) is 0 Å². The summed E-state index contributed by atoms with van der Waals surface area (Å²) < 4.78 is 2.41. The molecule has 2 aromatic rings. The summed E-state index contributed by atoms with van der Waals surface area (Å²) in [5.74, 6) is 1.28. The number of hydrogen-bond donors (Lipinski definition) is 0. The third-order valence-electron chi connectivity index (χ3n) is 4.48. The number of rotatable bonds is 7. The van der Waals surface area contributed by atoms with Gasteiger partial charge in [-0.25, -0.2) is 4.98 Å². The van der Waals surface area contributed by atoms with Gasteiger partial charge in [-0.15, -0.1) is 23.5 Å². The van der Waals surface area contributed by atoms with Crippen molar-refractivity contribution in [2.45, 2.75) is 54.9 Å². The molecule has 4 heteroatoms. The van der Waals surface area contributed by atoms with Gasteiger partial charge >= 0.3 is 0 Å². The summed E-state index contributed by atoms with van der Waals surface area (Å²) in [7, 11) is 0. The summed E-state index contributed by atoms with van der Waals surface area (Å²) in [4.78, 5) is 4.19. The fourth-order valence-corrected chi connectivity index (χ4v) is 7.06. The standard InChI is InChI=1S/C19H26N2S2/c1-2-3-9-18-10-15-22-19(23-18,17-7-5-4-6-8-17)11-13-21-14-12-20-16-21/h4-8,12,14,16,18H,2-3,9-11,13,15H2,1H3. The second-order valence-corrected chi connectivity index (χ2v) is 9.44. The van der Waals surface area contributed by atoms with Crippen molar-refractivity contribution in [3.63, 3.8) is 0 Å². The van der Waals surface area contributed by atoms with Crippen LogP contribution in [0, 0.1) is 0 Å². The number of aryl methyl sites for hydroxylation is 1. The van der Waals surface area contributed by atoms with Crippen LogP contribution < -0.4 is 0 Å². The van der Waals surface area contributed by atoms with Gasteiger partial charge in [0.05, 0.1) is 10.4 Å². The molecule has 0 spiro atoms. The van der Waals surface area contributed by atoms with Crippen molar-refractivity contribution in [3.05, 3.63) is 54.6 Å². The molecular formula is C19H26N2S2. The predicted molar refractivity (Wildman–Crippen MR) is 103 cm³/mol. The lowest BCUT2D eigenvalue weighted by Gasteiger charge is -2.40. The molecule has 0 amide bonds. The summed E-state index contributed by atoms with van der Waals surface area (Å²) in [5.41, 5.74) is 1.48. The molecule has 1 aromatic carbocycles. The van der Waals surface area contributed by atoms with Crippen LogP contribution in [0.1, 0.15) is 44.6 Å². The first-order chi connectivity index (χ1) is 11.3. The average molecular weight is 347 g/mol. The molecule has 1 aliphatic rings.